The van der Waals surface area contributed by atoms with E-state index in [1.54, 1.807) is 18.2 Å². The summed E-state index contributed by atoms with van der Waals surface area (Å²) in [6, 6.07) is 7.24. The number of hydrogen-bond donors (Lipinski definition) is 1. The van der Waals surface area contributed by atoms with E-state index < -0.39 is 0 Å². The first-order valence-electron chi connectivity index (χ1n) is 3.93. The molecule has 0 saturated heterocycles. The predicted octanol–water partition coefficient (Wildman–Crippen LogP) is 2.17. The Hall–Kier alpha value is -1.86. The molecule has 0 aliphatic rings. The largest absolute Gasteiger partial charge is 0.396 e. The number of carbonyl (C=O) groups is 1. The van der Waals surface area contributed by atoms with Gasteiger partial charge in [0, 0.05) is 0 Å². The minimum atomic E-state index is 0.455. The van der Waals surface area contributed by atoms with Crippen LogP contribution in [0.3, 0.4) is 0 Å². The third kappa shape index (κ3) is 1.15. The summed E-state index contributed by atoms with van der Waals surface area (Å²) in [4.78, 5) is 11.2. The lowest BCUT2D eigenvalue weighted by Crippen LogP contribution is -1.88. The maximum Gasteiger partial charge on any atom is 0.160 e. The minimum Gasteiger partial charge on any atom is -0.396 e. The van der Waals surface area contributed by atoms with Gasteiger partial charge in [-0.15, -0.1) is 11.3 Å². The molecule has 0 amide bonds. The number of hydrogen-bond acceptors (Lipinski definition) is 4. The van der Waals surface area contributed by atoms with Crippen molar-refractivity contribution < 1.29 is 4.79 Å². The van der Waals surface area contributed by atoms with Crippen molar-refractivity contribution >= 4 is 33.4 Å². The molecule has 1 aromatic heterocycles. The van der Waals surface area contributed by atoms with Crippen LogP contribution in [0.5, 0.6) is 0 Å². The van der Waals surface area contributed by atoms with Gasteiger partial charge >= 0.3 is 0 Å². The van der Waals surface area contributed by atoms with E-state index in [1.807, 2.05) is 6.07 Å². The quantitative estimate of drug-likeness (QED) is 0.569. The molecule has 2 aromatic rings. The molecule has 0 fully saturated rings. The average Bonchev–Trinajstić information content (AvgIpc) is 2.62. The molecule has 0 saturated carbocycles. The molecule has 0 radical (unpaired) electrons. The summed E-state index contributed by atoms with van der Waals surface area (Å²) in [6.07, 6.45) is 0.788. The van der Waals surface area contributed by atoms with Crippen LogP contribution in [-0.2, 0) is 0 Å². The molecule has 0 unspecified atom stereocenters. The Morgan fingerprint density at radius 2 is 2.29 bits per heavy atom. The summed E-state index contributed by atoms with van der Waals surface area (Å²) in [5, 5.41) is 9.66. The molecule has 1 aromatic carbocycles. The third-order valence-electron chi connectivity index (χ3n) is 1.98. The first kappa shape index (κ1) is 8.73. The van der Waals surface area contributed by atoms with Crippen molar-refractivity contribution in [1.82, 2.24) is 0 Å². The van der Waals surface area contributed by atoms with Crippen molar-refractivity contribution in [2.45, 2.75) is 0 Å². The van der Waals surface area contributed by atoms with E-state index in [2.05, 4.69) is 0 Å². The van der Waals surface area contributed by atoms with Crippen LogP contribution < -0.4 is 5.73 Å². The van der Waals surface area contributed by atoms with Crippen LogP contribution in [-0.4, -0.2) is 6.29 Å². The zero-order chi connectivity index (χ0) is 10.1. The van der Waals surface area contributed by atoms with Crippen LogP contribution in [0.25, 0.3) is 10.1 Å². The second-order valence-electron chi connectivity index (χ2n) is 2.82. The first-order valence-corrected chi connectivity index (χ1v) is 4.75. The van der Waals surface area contributed by atoms with Crippen LogP contribution in [0.15, 0.2) is 18.2 Å². The van der Waals surface area contributed by atoms with Crippen LogP contribution >= 0.6 is 11.3 Å². The number of fused-ring (bicyclic) bond motifs is 1. The molecular formula is C10H6N2OS. The van der Waals surface area contributed by atoms with E-state index in [1.165, 1.54) is 11.3 Å². The van der Waals surface area contributed by atoms with Crippen molar-refractivity contribution in [3.05, 3.63) is 28.6 Å². The van der Waals surface area contributed by atoms with E-state index in [-0.39, 0.29) is 0 Å². The van der Waals surface area contributed by atoms with Gasteiger partial charge in [0.15, 0.2) is 6.29 Å². The smallest absolute Gasteiger partial charge is 0.160 e. The van der Waals surface area contributed by atoms with Crippen LogP contribution in [0.2, 0.25) is 0 Å². The summed E-state index contributed by atoms with van der Waals surface area (Å²) in [7, 11) is 0. The standard InChI is InChI=1S/C10H6N2OS/c11-4-7-2-1-6-3-8(5-13)14-10(6)9(7)12/h1-3,5H,12H2. The molecular weight excluding hydrogens is 196 g/mol. The van der Waals surface area contributed by atoms with E-state index in [0.717, 1.165) is 16.4 Å². The number of anilines is 1. The first-order chi connectivity index (χ1) is 6.76. The number of thiophene rings is 1. The van der Waals surface area contributed by atoms with Crippen molar-refractivity contribution in [3.8, 4) is 6.07 Å². The Morgan fingerprint density at radius 3 is 2.93 bits per heavy atom. The van der Waals surface area contributed by atoms with E-state index in [9.17, 15) is 4.79 Å². The van der Waals surface area contributed by atoms with Crippen LogP contribution in [0.1, 0.15) is 15.2 Å². The predicted molar refractivity (Wildman–Crippen MR) is 56.3 cm³/mol. The Labute approximate surface area is 84.4 Å². The molecule has 14 heavy (non-hydrogen) atoms. The summed E-state index contributed by atoms with van der Waals surface area (Å²) >= 11 is 1.31. The molecule has 68 valence electrons. The van der Waals surface area contributed by atoms with Gasteiger partial charge in [-0.2, -0.15) is 5.26 Å². The molecule has 4 heteroatoms. The number of rotatable bonds is 1. The Morgan fingerprint density at radius 1 is 1.50 bits per heavy atom. The number of nitrogens with zero attached hydrogens (tertiary/aromatic N) is 1. The average molecular weight is 202 g/mol. The number of nitrogens with two attached hydrogens (primary N) is 1. The lowest BCUT2D eigenvalue weighted by atomic mass is 10.1. The molecule has 0 aliphatic carbocycles. The minimum absolute atomic E-state index is 0.455. The highest BCUT2D eigenvalue weighted by molar-refractivity contribution is 7.21. The Kier molecular flexibility index (Phi) is 1.95. The highest BCUT2D eigenvalue weighted by atomic mass is 32.1. The fourth-order valence-corrected chi connectivity index (χ4v) is 2.23. The molecule has 0 aliphatic heterocycles. The van der Waals surface area contributed by atoms with Crippen molar-refractivity contribution in [1.29, 1.82) is 5.26 Å². The number of aldehydes is 1. The summed E-state index contributed by atoms with van der Waals surface area (Å²) in [6.45, 7) is 0. The summed E-state index contributed by atoms with van der Waals surface area (Å²) in [5.41, 5.74) is 6.69. The zero-order valence-corrected chi connectivity index (χ0v) is 7.97. The number of nitrogen functional groups attached to an aromatic ring is 1. The second-order valence-corrected chi connectivity index (χ2v) is 3.91. The number of carbonyl (C=O) groups excluding carboxylic acids is 1. The third-order valence-corrected chi connectivity index (χ3v) is 3.09. The van der Waals surface area contributed by atoms with Gasteiger partial charge < -0.3 is 5.73 Å². The fraction of sp³-hybridized carbons (Fsp3) is 0. The van der Waals surface area contributed by atoms with Gasteiger partial charge in [0.2, 0.25) is 0 Å². The van der Waals surface area contributed by atoms with Gasteiger partial charge in [-0.05, 0) is 17.5 Å². The van der Waals surface area contributed by atoms with Gasteiger partial charge in [0.05, 0.1) is 20.8 Å². The van der Waals surface area contributed by atoms with Crippen LogP contribution in [0.4, 0.5) is 5.69 Å². The topological polar surface area (TPSA) is 66.9 Å². The molecule has 3 nitrogen and oxygen atoms in total. The van der Waals surface area contributed by atoms with Gasteiger partial charge in [0.1, 0.15) is 6.07 Å². The highest BCUT2D eigenvalue weighted by Crippen LogP contribution is 2.31. The van der Waals surface area contributed by atoms with Gasteiger partial charge in [-0.25, -0.2) is 0 Å². The molecule has 0 bridgehead atoms. The maximum atomic E-state index is 10.5. The van der Waals surface area contributed by atoms with Gasteiger partial charge in [-0.3, -0.25) is 4.79 Å². The molecule has 2 N–H and O–H groups in total. The lowest BCUT2D eigenvalue weighted by Gasteiger charge is -1.97. The number of benzene rings is 1. The molecule has 0 atom stereocenters. The fourth-order valence-electron chi connectivity index (χ4n) is 1.30. The summed E-state index contributed by atoms with van der Waals surface area (Å²) < 4.78 is 0.811. The summed E-state index contributed by atoms with van der Waals surface area (Å²) in [5.74, 6) is 0. The Balaban J connectivity index is 2.83. The van der Waals surface area contributed by atoms with Gasteiger partial charge in [0.25, 0.3) is 0 Å². The SMILES string of the molecule is N#Cc1ccc2cc(C=O)sc2c1N. The molecule has 2 rings (SSSR count). The zero-order valence-electron chi connectivity index (χ0n) is 7.15. The molecule has 1 heterocycles. The number of nitriles is 1. The maximum absolute atomic E-state index is 10.5. The lowest BCUT2D eigenvalue weighted by molar-refractivity contribution is 0.112. The van der Waals surface area contributed by atoms with E-state index in [0.29, 0.717) is 16.1 Å². The normalized spacial score (nSPS) is 9.93. The molecule has 0 spiro atoms. The van der Waals surface area contributed by atoms with Gasteiger partial charge in [-0.1, -0.05) is 6.07 Å². The Bertz CT molecular complexity index is 551. The highest BCUT2D eigenvalue weighted by Gasteiger charge is 2.07. The van der Waals surface area contributed by atoms with E-state index >= 15 is 0 Å². The van der Waals surface area contributed by atoms with Crippen molar-refractivity contribution in [2.75, 3.05) is 5.73 Å². The monoisotopic (exact) mass is 202 g/mol. The van der Waals surface area contributed by atoms with Crippen molar-refractivity contribution in [2.24, 2.45) is 0 Å². The van der Waals surface area contributed by atoms with E-state index in [4.69, 9.17) is 11.0 Å². The second kappa shape index (κ2) is 3.13. The van der Waals surface area contributed by atoms with Crippen molar-refractivity contribution in [3.63, 3.8) is 0 Å². The van der Waals surface area contributed by atoms with Crippen LogP contribution in [0, 0.1) is 11.3 Å².